The molecule has 0 radical (unpaired) electrons. The van der Waals surface area contributed by atoms with E-state index < -0.39 is 6.10 Å². The van der Waals surface area contributed by atoms with Crippen LogP contribution in [0.5, 0.6) is 0 Å². The van der Waals surface area contributed by atoms with Gasteiger partial charge >= 0.3 is 0 Å². The summed E-state index contributed by atoms with van der Waals surface area (Å²) in [6, 6.07) is 8.50. The number of rotatable bonds is 3. The molecule has 1 heterocycles. The second kappa shape index (κ2) is 5.32. The fraction of sp³-hybridized carbons (Fsp3) is 0.167. The summed E-state index contributed by atoms with van der Waals surface area (Å²) in [4.78, 5) is 0. The van der Waals surface area contributed by atoms with Crippen molar-refractivity contribution in [2.45, 2.75) is 12.5 Å². The van der Waals surface area contributed by atoms with Crippen molar-refractivity contribution in [1.29, 1.82) is 0 Å². The van der Waals surface area contributed by atoms with Gasteiger partial charge in [-0.1, -0.05) is 35.3 Å². The Bertz CT molecular complexity index is 522. The second-order valence-corrected chi connectivity index (χ2v) is 4.73. The molecule has 0 spiro atoms. The van der Waals surface area contributed by atoms with Gasteiger partial charge in [0.1, 0.15) is 11.9 Å². The molecule has 17 heavy (non-hydrogen) atoms. The molecule has 0 aliphatic heterocycles. The van der Waals surface area contributed by atoms with Gasteiger partial charge in [-0.25, -0.2) is 0 Å². The Balaban J connectivity index is 2.18. The summed E-state index contributed by atoms with van der Waals surface area (Å²) < 4.78 is 5.13. The van der Waals surface area contributed by atoms with Crippen molar-refractivity contribution in [3.63, 3.8) is 0 Å². The highest BCUT2D eigenvalue weighted by Gasteiger charge is 2.15. The van der Waals surface area contributed by atoms with Crippen molar-refractivity contribution < 1.29 is 9.52 Å². The molecular weight excluding hydrogens is 282 g/mol. The molecule has 5 heteroatoms. The number of benzene rings is 1. The lowest BCUT2D eigenvalue weighted by Gasteiger charge is -2.10. The highest BCUT2D eigenvalue weighted by molar-refractivity contribution is 6.42. The molecule has 0 aliphatic carbocycles. The zero-order valence-corrected chi connectivity index (χ0v) is 10.9. The van der Waals surface area contributed by atoms with Gasteiger partial charge in [0, 0.05) is 6.42 Å². The standard InChI is InChI=1S/C12H9Cl3O2/c13-8-3-1-2-7(12(8)15)6-9(16)10-4-5-11(14)17-10/h1-5,9,16H,6H2. The largest absolute Gasteiger partial charge is 0.447 e. The molecule has 1 unspecified atom stereocenters. The number of furan rings is 1. The second-order valence-electron chi connectivity index (χ2n) is 3.57. The molecule has 0 aliphatic rings. The normalized spacial score (nSPS) is 12.7. The van der Waals surface area contributed by atoms with Crippen molar-refractivity contribution in [1.82, 2.24) is 0 Å². The van der Waals surface area contributed by atoms with Crippen LogP contribution in [0, 0.1) is 0 Å². The molecular formula is C12H9Cl3O2. The maximum absolute atomic E-state index is 9.95. The van der Waals surface area contributed by atoms with E-state index in [2.05, 4.69) is 0 Å². The highest BCUT2D eigenvalue weighted by Crippen LogP contribution is 2.30. The molecule has 2 nitrogen and oxygen atoms in total. The first-order valence-electron chi connectivity index (χ1n) is 4.94. The molecule has 1 atom stereocenters. The Morgan fingerprint density at radius 1 is 1.12 bits per heavy atom. The first kappa shape index (κ1) is 12.8. The zero-order chi connectivity index (χ0) is 12.4. The summed E-state index contributed by atoms with van der Waals surface area (Å²) in [5, 5.41) is 11.1. The molecule has 0 saturated heterocycles. The van der Waals surface area contributed by atoms with Gasteiger partial charge in [0.2, 0.25) is 0 Å². The monoisotopic (exact) mass is 290 g/mol. The lowest BCUT2D eigenvalue weighted by atomic mass is 10.1. The van der Waals surface area contributed by atoms with E-state index in [4.69, 9.17) is 39.2 Å². The minimum absolute atomic E-state index is 0.247. The topological polar surface area (TPSA) is 33.4 Å². The van der Waals surface area contributed by atoms with E-state index in [1.807, 2.05) is 6.07 Å². The quantitative estimate of drug-likeness (QED) is 0.902. The Labute approximate surface area is 114 Å². The predicted octanol–water partition coefficient (Wildman–Crippen LogP) is 4.52. The Morgan fingerprint density at radius 2 is 1.88 bits per heavy atom. The molecule has 1 aromatic heterocycles. The van der Waals surface area contributed by atoms with Crippen LogP contribution >= 0.6 is 34.8 Å². The minimum Gasteiger partial charge on any atom is -0.447 e. The minimum atomic E-state index is -0.793. The van der Waals surface area contributed by atoms with Crippen LogP contribution in [0.1, 0.15) is 17.4 Å². The summed E-state index contributed by atoms with van der Waals surface area (Å²) in [7, 11) is 0. The van der Waals surface area contributed by atoms with Gasteiger partial charge in [-0.3, -0.25) is 0 Å². The maximum Gasteiger partial charge on any atom is 0.193 e. The van der Waals surface area contributed by atoms with Crippen LogP contribution in [0.3, 0.4) is 0 Å². The number of aliphatic hydroxyl groups excluding tert-OH is 1. The van der Waals surface area contributed by atoms with Crippen molar-refractivity contribution >= 4 is 34.8 Å². The average molecular weight is 292 g/mol. The van der Waals surface area contributed by atoms with Crippen LogP contribution < -0.4 is 0 Å². The summed E-state index contributed by atoms with van der Waals surface area (Å²) >= 11 is 17.6. The molecule has 1 N–H and O–H groups in total. The number of hydrogen-bond donors (Lipinski definition) is 1. The number of halogens is 3. The Morgan fingerprint density at radius 3 is 2.53 bits per heavy atom. The summed E-state index contributed by atoms with van der Waals surface area (Å²) in [6.45, 7) is 0. The maximum atomic E-state index is 9.95. The van der Waals surface area contributed by atoms with Crippen molar-refractivity contribution in [2.24, 2.45) is 0 Å². The van der Waals surface area contributed by atoms with Gasteiger partial charge in [0.15, 0.2) is 5.22 Å². The van der Waals surface area contributed by atoms with E-state index in [0.717, 1.165) is 5.56 Å². The third-order valence-electron chi connectivity index (χ3n) is 2.37. The first-order chi connectivity index (χ1) is 8.08. The van der Waals surface area contributed by atoms with Crippen molar-refractivity contribution in [3.05, 3.63) is 56.9 Å². The van der Waals surface area contributed by atoms with Crippen LogP contribution in [0.15, 0.2) is 34.7 Å². The molecule has 0 bridgehead atoms. The molecule has 1 aromatic carbocycles. The van der Waals surface area contributed by atoms with Crippen LogP contribution in [0.4, 0.5) is 0 Å². The molecule has 90 valence electrons. The first-order valence-corrected chi connectivity index (χ1v) is 6.07. The van der Waals surface area contributed by atoms with Crippen LogP contribution in [-0.4, -0.2) is 5.11 Å². The van der Waals surface area contributed by atoms with E-state index in [1.54, 1.807) is 24.3 Å². The van der Waals surface area contributed by atoms with Gasteiger partial charge in [0.05, 0.1) is 10.0 Å². The lowest BCUT2D eigenvalue weighted by Crippen LogP contribution is -2.01. The Hall–Kier alpha value is -0.670. The fourth-order valence-electron chi connectivity index (χ4n) is 1.52. The third kappa shape index (κ3) is 2.96. The summed E-state index contributed by atoms with van der Waals surface area (Å²) in [5.74, 6) is 0.408. The van der Waals surface area contributed by atoms with Gasteiger partial charge in [-0.05, 0) is 35.4 Å². The van der Waals surface area contributed by atoms with Crippen molar-refractivity contribution in [3.8, 4) is 0 Å². The van der Waals surface area contributed by atoms with E-state index in [9.17, 15) is 5.11 Å². The fourth-order valence-corrected chi connectivity index (χ4v) is 2.07. The van der Waals surface area contributed by atoms with E-state index in [1.165, 1.54) is 0 Å². The SMILES string of the molecule is OC(Cc1cccc(Cl)c1Cl)c1ccc(Cl)o1. The van der Waals surface area contributed by atoms with Crippen LogP contribution in [-0.2, 0) is 6.42 Å². The number of hydrogen-bond acceptors (Lipinski definition) is 2. The number of aliphatic hydroxyl groups is 1. The van der Waals surface area contributed by atoms with Crippen LogP contribution in [0.25, 0.3) is 0 Å². The average Bonchev–Trinajstić information content (AvgIpc) is 2.72. The molecule has 0 amide bonds. The van der Waals surface area contributed by atoms with E-state index in [-0.39, 0.29) is 5.22 Å². The van der Waals surface area contributed by atoms with Gasteiger partial charge in [-0.2, -0.15) is 0 Å². The smallest absolute Gasteiger partial charge is 0.193 e. The molecule has 0 saturated carbocycles. The zero-order valence-electron chi connectivity index (χ0n) is 8.66. The van der Waals surface area contributed by atoms with Gasteiger partial charge < -0.3 is 9.52 Å². The lowest BCUT2D eigenvalue weighted by molar-refractivity contribution is 0.150. The summed E-state index contributed by atoms with van der Waals surface area (Å²) in [6.07, 6.45) is -0.470. The molecule has 2 rings (SSSR count). The van der Waals surface area contributed by atoms with Crippen LogP contribution in [0.2, 0.25) is 15.3 Å². The predicted molar refractivity (Wildman–Crippen MR) is 68.8 cm³/mol. The molecule has 2 aromatic rings. The van der Waals surface area contributed by atoms with E-state index >= 15 is 0 Å². The highest BCUT2D eigenvalue weighted by atomic mass is 35.5. The Kier molecular flexibility index (Phi) is 4.00. The third-order valence-corrected chi connectivity index (χ3v) is 3.43. The summed E-state index contributed by atoms with van der Waals surface area (Å²) in [5.41, 5.74) is 0.763. The van der Waals surface area contributed by atoms with Crippen molar-refractivity contribution in [2.75, 3.05) is 0 Å². The molecule has 0 fully saturated rings. The van der Waals surface area contributed by atoms with Gasteiger partial charge in [0.25, 0.3) is 0 Å². The van der Waals surface area contributed by atoms with E-state index in [0.29, 0.717) is 22.2 Å². The van der Waals surface area contributed by atoms with Gasteiger partial charge in [-0.15, -0.1) is 0 Å².